The van der Waals surface area contributed by atoms with Crippen LogP contribution in [0.1, 0.15) is 51.4 Å². The highest BCUT2D eigenvalue weighted by Gasteiger charge is 2.12. The molecule has 0 aromatic heterocycles. The van der Waals surface area contributed by atoms with Gasteiger partial charge in [0.05, 0.1) is 12.2 Å². The first-order valence-electron chi connectivity index (χ1n) is 5.42. The molecule has 0 radical (unpaired) electrons. The molecule has 1 aliphatic heterocycles. The molecule has 1 aliphatic rings. The quantitative estimate of drug-likeness (QED) is 0.611. The molecule has 1 atom stereocenters. The summed E-state index contributed by atoms with van der Waals surface area (Å²) >= 11 is 0. The van der Waals surface area contributed by atoms with Crippen molar-refractivity contribution in [1.82, 2.24) is 0 Å². The van der Waals surface area contributed by atoms with E-state index in [1.165, 1.54) is 38.5 Å². The van der Waals surface area contributed by atoms with Crippen molar-refractivity contribution in [3.63, 3.8) is 0 Å². The van der Waals surface area contributed by atoms with Crippen molar-refractivity contribution in [2.24, 2.45) is 0 Å². The maximum atomic E-state index is 8.34. The molecule has 0 spiro atoms. The summed E-state index contributed by atoms with van der Waals surface area (Å²) < 4.78 is 5.62. The van der Waals surface area contributed by atoms with Crippen LogP contribution >= 0.6 is 0 Å². The van der Waals surface area contributed by atoms with Gasteiger partial charge in [0.1, 0.15) is 0 Å². The van der Waals surface area contributed by atoms with E-state index in [1.807, 2.05) is 0 Å². The second-order valence-corrected chi connectivity index (χ2v) is 3.75. The highest BCUT2D eigenvalue weighted by molar-refractivity contribution is 4.69. The molecule has 0 aromatic rings. The third kappa shape index (κ3) is 4.90. The molecule has 0 N–H and O–H groups in total. The molecule has 2 nitrogen and oxygen atoms in total. The minimum atomic E-state index is 0.524. The first kappa shape index (κ1) is 10.5. The topological polar surface area (TPSA) is 33.0 Å². The van der Waals surface area contributed by atoms with Gasteiger partial charge in [0.2, 0.25) is 0 Å². The average molecular weight is 181 g/mol. The van der Waals surface area contributed by atoms with E-state index in [4.69, 9.17) is 10.00 Å². The second kappa shape index (κ2) is 6.91. The lowest BCUT2D eigenvalue weighted by molar-refractivity contribution is 0.00981. The van der Waals surface area contributed by atoms with Crippen LogP contribution in [0, 0.1) is 11.3 Å². The van der Waals surface area contributed by atoms with E-state index in [0.717, 1.165) is 13.0 Å². The summed E-state index contributed by atoms with van der Waals surface area (Å²) in [5, 5.41) is 8.34. The number of ether oxygens (including phenoxy) is 1. The zero-order valence-electron chi connectivity index (χ0n) is 8.30. The molecule has 0 saturated carbocycles. The van der Waals surface area contributed by atoms with Crippen LogP contribution in [-0.4, -0.2) is 12.7 Å². The fourth-order valence-electron chi connectivity index (χ4n) is 1.79. The van der Waals surface area contributed by atoms with Crippen LogP contribution in [0.5, 0.6) is 0 Å². The van der Waals surface area contributed by atoms with Gasteiger partial charge in [-0.1, -0.05) is 12.8 Å². The summed E-state index contributed by atoms with van der Waals surface area (Å²) in [6.45, 7) is 0.961. The van der Waals surface area contributed by atoms with Crippen LogP contribution in [-0.2, 0) is 4.74 Å². The molecule has 1 rings (SSSR count). The lowest BCUT2D eigenvalue weighted by Gasteiger charge is -2.22. The van der Waals surface area contributed by atoms with Crippen molar-refractivity contribution in [3.05, 3.63) is 0 Å². The van der Waals surface area contributed by atoms with Crippen molar-refractivity contribution in [2.75, 3.05) is 6.61 Å². The number of nitriles is 1. The largest absolute Gasteiger partial charge is 0.378 e. The van der Waals surface area contributed by atoms with Crippen LogP contribution in [0.25, 0.3) is 0 Å². The number of hydrogen-bond donors (Lipinski definition) is 0. The Bertz CT molecular complexity index is 156. The third-order valence-corrected chi connectivity index (χ3v) is 2.59. The van der Waals surface area contributed by atoms with Crippen LogP contribution in [0.3, 0.4) is 0 Å². The van der Waals surface area contributed by atoms with Gasteiger partial charge >= 0.3 is 0 Å². The Labute approximate surface area is 80.9 Å². The van der Waals surface area contributed by atoms with Gasteiger partial charge < -0.3 is 4.74 Å². The van der Waals surface area contributed by atoms with E-state index in [1.54, 1.807) is 0 Å². The third-order valence-electron chi connectivity index (χ3n) is 2.59. The molecule has 1 saturated heterocycles. The lowest BCUT2D eigenvalue weighted by atomic mass is 10.0. The van der Waals surface area contributed by atoms with Crippen molar-refractivity contribution >= 4 is 0 Å². The minimum Gasteiger partial charge on any atom is -0.378 e. The summed E-state index contributed by atoms with van der Waals surface area (Å²) in [5.74, 6) is 0. The zero-order valence-corrected chi connectivity index (χ0v) is 8.30. The van der Waals surface area contributed by atoms with E-state index in [-0.39, 0.29) is 0 Å². The Balaban J connectivity index is 1.90. The van der Waals surface area contributed by atoms with Gasteiger partial charge in [0.15, 0.2) is 0 Å². The monoisotopic (exact) mass is 181 g/mol. The van der Waals surface area contributed by atoms with E-state index < -0.39 is 0 Å². The highest BCUT2D eigenvalue weighted by Crippen LogP contribution is 2.18. The van der Waals surface area contributed by atoms with Crippen molar-refractivity contribution in [3.8, 4) is 6.07 Å². The van der Waals surface area contributed by atoms with Crippen molar-refractivity contribution in [1.29, 1.82) is 5.26 Å². The molecule has 0 amide bonds. The molecule has 13 heavy (non-hydrogen) atoms. The highest BCUT2D eigenvalue weighted by atomic mass is 16.5. The molecule has 0 bridgehead atoms. The van der Waals surface area contributed by atoms with E-state index in [0.29, 0.717) is 12.5 Å². The molecule has 1 heterocycles. The molecular weight excluding hydrogens is 162 g/mol. The number of hydrogen-bond acceptors (Lipinski definition) is 2. The Morgan fingerprint density at radius 3 is 2.85 bits per heavy atom. The normalized spacial score (nSPS) is 22.5. The van der Waals surface area contributed by atoms with Crippen LogP contribution in [0.4, 0.5) is 0 Å². The Hall–Kier alpha value is -0.550. The van der Waals surface area contributed by atoms with Crippen LogP contribution < -0.4 is 0 Å². The standard InChI is InChI=1S/C11H19NO/c12-9-5-2-1-3-7-11-8-4-6-10-13-11/h11H,1-8,10H2. The predicted octanol–water partition coefficient (Wildman–Crippen LogP) is 3.03. The minimum absolute atomic E-state index is 0.524. The Morgan fingerprint density at radius 1 is 1.23 bits per heavy atom. The molecule has 0 aliphatic carbocycles. The summed E-state index contributed by atoms with van der Waals surface area (Å²) in [6.07, 6.45) is 9.74. The van der Waals surface area contributed by atoms with Gasteiger partial charge in [0, 0.05) is 13.0 Å². The maximum absolute atomic E-state index is 8.34. The lowest BCUT2D eigenvalue weighted by Crippen LogP contribution is -2.18. The summed E-state index contributed by atoms with van der Waals surface area (Å²) in [4.78, 5) is 0. The summed E-state index contributed by atoms with van der Waals surface area (Å²) in [7, 11) is 0. The zero-order chi connectivity index (χ0) is 9.36. The van der Waals surface area contributed by atoms with Crippen LogP contribution in [0.2, 0.25) is 0 Å². The van der Waals surface area contributed by atoms with E-state index >= 15 is 0 Å². The fourth-order valence-corrected chi connectivity index (χ4v) is 1.79. The summed E-state index contributed by atoms with van der Waals surface area (Å²) in [5.41, 5.74) is 0. The van der Waals surface area contributed by atoms with Gasteiger partial charge in [-0.2, -0.15) is 5.26 Å². The molecule has 0 aromatic carbocycles. The van der Waals surface area contributed by atoms with Crippen molar-refractivity contribution in [2.45, 2.75) is 57.5 Å². The number of nitrogens with zero attached hydrogens (tertiary/aromatic N) is 1. The molecule has 1 fully saturated rings. The van der Waals surface area contributed by atoms with Gasteiger partial charge in [-0.25, -0.2) is 0 Å². The molecular formula is C11H19NO. The maximum Gasteiger partial charge on any atom is 0.0621 e. The molecule has 1 unspecified atom stereocenters. The predicted molar refractivity (Wildman–Crippen MR) is 52.3 cm³/mol. The van der Waals surface area contributed by atoms with Gasteiger partial charge in [-0.05, 0) is 32.1 Å². The van der Waals surface area contributed by atoms with Gasteiger partial charge in [-0.15, -0.1) is 0 Å². The SMILES string of the molecule is N#CCCCCCC1CCCCO1. The molecule has 74 valence electrons. The van der Waals surface area contributed by atoms with Gasteiger partial charge in [0.25, 0.3) is 0 Å². The van der Waals surface area contributed by atoms with Crippen LogP contribution in [0.15, 0.2) is 0 Å². The first-order valence-corrected chi connectivity index (χ1v) is 5.42. The number of rotatable bonds is 5. The molecule has 2 heteroatoms. The van der Waals surface area contributed by atoms with E-state index in [9.17, 15) is 0 Å². The second-order valence-electron chi connectivity index (χ2n) is 3.75. The Morgan fingerprint density at radius 2 is 2.15 bits per heavy atom. The fraction of sp³-hybridized carbons (Fsp3) is 0.909. The first-order chi connectivity index (χ1) is 6.43. The van der Waals surface area contributed by atoms with Crippen molar-refractivity contribution < 1.29 is 4.74 Å². The average Bonchev–Trinajstić information content (AvgIpc) is 2.19. The van der Waals surface area contributed by atoms with E-state index in [2.05, 4.69) is 6.07 Å². The smallest absolute Gasteiger partial charge is 0.0621 e. The van der Waals surface area contributed by atoms with Gasteiger partial charge in [-0.3, -0.25) is 0 Å². The Kier molecular flexibility index (Phi) is 5.60. The number of unbranched alkanes of at least 4 members (excludes halogenated alkanes) is 3. The summed E-state index contributed by atoms with van der Waals surface area (Å²) in [6, 6.07) is 2.17.